The highest BCUT2D eigenvalue weighted by Gasteiger charge is 2.20. The summed E-state index contributed by atoms with van der Waals surface area (Å²) in [5, 5.41) is 2.87. The number of rotatable bonds is 6. The molecule has 0 unspecified atom stereocenters. The lowest BCUT2D eigenvalue weighted by atomic mass is 10.2. The molecule has 2 aromatic rings. The third kappa shape index (κ3) is 5.63. The van der Waals surface area contributed by atoms with Crippen molar-refractivity contribution in [2.45, 2.75) is 13.3 Å². The Balaban J connectivity index is 1.56. The second-order valence-corrected chi connectivity index (χ2v) is 7.89. The number of amides is 2. The van der Waals surface area contributed by atoms with E-state index in [0.29, 0.717) is 12.2 Å². The van der Waals surface area contributed by atoms with Crippen LogP contribution in [-0.4, -0.2) is 50.0 Å². The second kappa shape index (κ2) is 10.3. The van der Waals surface area contributed by atoms with Crippen LogP contribution in [0.1, 0.15) is 18.9 Å². The van der Waals surface area contributed by atoms with Gasteiger partial charge >= 0.3 is 0 Å². The van der Waals surface area contributed by atoms with Crippen LogP contribution in [0, 0.1) is 0 Å². The summed E-state index contributed by atoms with van der Waals surface area (Å²) in [5.74, 6) is 0.699. The Bertz CT molecular complexity index is 920. The van der Waals surface area contributed by atoms with Gasteiger partial charge in [0.15, 0.2) is 0 Å². The molecule has 1 fully saturated rings. The molecular weight excluding hydrogens is 446 g/mol. The van der Waals surface area contributed by atoms with E-state index in [0.717, 1.165) is 47.6 Å². The molecule has 0 saturated carbocycles. The Morgan fingerprint density at radius 2 is 1.80 bits per heavy atom. The lowest BCUT2D eigenvalue weighted by Gasteiger charge is -2.36. The van der Waals surface area contributed by atoms with E-state index in [1.165, 1.54) is 6.08 Å². The summed E-state index contributed by atoms with van der Waals surface area (Å²) in [6.45, 7) is 5.01. The first-order chi connectivity index (χ1) is 14.5. The molecule has 1 aliphatic rings. The molecule has 0 aliphatic carbocycles. The molecular formula is C23H26BrN3O3. The Labute approximate surface area is 185 Å². The van der Waals surface area contributed by atoms with Gasteiger partial charge in [-0.1, -0.05) is 22.9 Å². The molecule has 0 spiro atoms. The highest BCUT2D eigenvalue weighted by molar-refractivity contribution is 9.10. The SMILES string of the molecule is CCC(=O)N1CCN(c2ccc(NC(=O)/C=C/c3cc(Br)ccc3OC)cc2)CC1. The summed E-state index contributed by atoms with van der Waals surface area (Å²) >= 11 is 3.43. The lowest BCUT2D eigenvalue weighted by molar-refractivity contribution is -0.131. The van der Waals surface area contributed by atoms with Crippen LogP contribution in [0.5, 0.6) is 5.75 Å². The van der Waals surface area contributed by atoms with Crippen molar-refractivity contribution in [1.82, 2.24) is 4.90 Å². The van der Waals surface area contributed by atoms with E-state index in [2.05, 4.69) is 26.1 Å². The number of hydrogen-bond donors (Lipinski definition) is 1. The fraction of sp³-hybridized carbons (Fsp3) is 0.304. The molecule has 0 aromatic heterocycles. The van der Waals surface area contributed by atoms with Crippen molar-refractivity contribution in [3.05, 3.63) is 58.6 Å². The summed E-state index contributed by atoms with van der Waals surface area (Å²) < 4.78 is 6.23. The largest absolute Gasteiger partial charge is 0.496 e. The van der Waals surface area contributed by atoms with Crippen LogP contribution in [-0.2, 0) is 9.59 Å². The predicted molar refractivity (Wildman–Crippen MR) is 124 cm³/mol. The first-order valence-electron chi connectivity index (χ1n) is 9.95. The van der Waals surface area contributed by atoms with E-state index in [9.17, 15) is 9.59 Å². The zero-order valence-electron chi connectivity index (χ0n) is 17.2. The highest BCUT2D eigenvalue weighted by atomic mass is 79.9. The van der Waals surface area contributed by atoms with Gasteiger partial charge < -0.3 is 19.9 Å². The highest BCUT2D eigenvalue weighted by Crippen LogP contribution is 2.24. The van der Waals surface area contributed by atoms with E-state index in [4.69, 9.17) is 4.74 Å². The fourth-order valence-corrected chi connectivity index (χ4v) is 3.76. The molecule has 3 rings (SSSR count). The third-order valence-electron chi connectivity index (χ3n) is 5.04. The number of anilines is 2. The smallest absolute Gasteiger partial charge is 0.248 e. The predicted octanol–water partition coefficient (Wildman–Crippen LogP) is 4.17. The Hall–Kier alpha value is -2.80. The van der Waals surface area contributed by atoms with Crippen LogP contribution < -0.4 is 15.0 Å². The van der Waals surface area contributed by atoms with E-state index >= 15 is 0 Å². The molecule has 2 amide bonds. The van der Waals surface area contributed by atoms with Gasteiger partial charge in [-0.25, -0.2) is 0 Å². The molecule has 1 heterocycles. The number of benzene rings is 2. The lowest BCUT2D eigenvalue weighted by Crippen LogP contribution is -2.48. The number of methoxy groups -OCH3 is 1. The first-order valence-corrected chi connectivity index (χ1v) is 10.7. The number of carbonyl (C=O) groups is 2. The molecule has 2 aromatic carbocycles. The number of halogens is 1. The second-order valence-electron chi connectivity index (χ2n) is 6.98. The maximum atomic E-state index is 12.3. The molecule has 30 heavy (non-hydrogen) atoms. The van der Waals surface area contributed by atoms with Crippen molar-refractivity contribution in [2.75, 3.05) is 43.5 Å². The fourth-order valence-electron chi connectivity index (χ4n) is 3.38. The molecule has 1 N–H and O–H groups in total. The Kier molecular flexibility index (Phi) is 7.52. The summed E-state index contributed by atoms with van der Waals surface area (Å²) in [6, 6.07) is 13.4. The van der Waals surface area contributed by atoms with E-state index in [1.54, 1.807) is 13.2 Å². The quantitative estimate of drug-likeness (QED) is 0.642. The summed E-state index contributed by atoms with van der Waals surface area (Å²) in [6.07, 6.45) is 3.77. The van der Waals surface area contributed by atoms with Crippen LogP contribution in [0.4, 0.5) is 11.4 Å². The third-order valence-corrected chi connectivity index (χ3v) is 5.53. The molecule has 7 heteroatoms. The Morgan fingerprint density at radius 3 is 2.43 bits per heavy atom. The van der Waals surface area contributed by atoms with Crippen LogP contribution in [0.2, 0.25) is 0 Å². The topological polar surface area (TPSA) is 61.9 Å². The summed E-state index contributed by atoms with van der Waals surface area (Å²) in [7, 11) is 1.60. The molecule has 0 atom stereocenters. The van der Waals surface area contributed by atoms with Gasteiger partial charge in [0, 0.05) is 60.1 Å². The van der Waals surface area contributed by atoms with Gasteiger partial charge in [-0.05, 0) is 48.5 Å². The maximum Gasteiger partial charge on any atom is 0.248 e. The van der Waals surface area contributed by atoms with E-state index in [-0.39, 0.29) is 11.8 Å². The van der Waals surface area contributed by atoms with Crippen LogP contribution in [0.25, 0.3) is 6.08 Å². The molecule has 1 aliphatic heterocycles. The van der Waals surface area contributed by atoms with Gasteiger partial charge in [0.05, 0.1) is 7.11 Å². The molecule has 158 valence electrons. The Morgan fingerprint density at radius 1 is 1.10 bits per heavy atom. The van der Waals surface area contributed by atoms with E-state index < -0.39 is 0 Å². The number of nitrogens with zero attached hydrogens (tertiary/aromatic N) is 2. The van der Waals surface area contributed by atoms with Crippen molar-refractivity contribution < 1.29 is 14.3 Å². The van der Waals surface area contributed by atoms with Crippen LogP contribution in [0.3, 0.4) is 0 Å². The van der Waals surface area contributed by atoms with Gasteiger partial charge in [0.25, 0.3) is 0 Å². The number of piperazine rings is 1. The van der Waals surface area contributed by atoms with Gasteiger partial charge in [-0.15, -0.1) is 0 Å². The van der Waals surface area contributed by atoms with Crippen LogP contribution >= 0.6 is 15.9 Å². The zero-order valence-corrected chi connectivity index (χ0v) is 18.8. The average Bonchev–Trinajstić information content (AvgIpc) is 2.78. The average molecular weight is 472 g/mol. The van der Waals surface area contributed by atoms with Crippen molar-refractivity contribution >= 4 is 45.2 Å². The minimum Gasteiger partial charge on any atom is -0.496 e. The van der Waals surface area contributed by atoms with Crippen molar-refractivity contribution in [3.8, 4) is 5.75 Å². The van der Waals surface area contributed by atoms with Crippen LogP contribution in [0.15, 0.2) is 53.0 Å². The number of hydrogen-bond acceptors (Lipinski definition) is 4. The standard InChI is InChI=1S/C23H26BrN3O3/c1-3-23(29)27-14-12-26(13-15-27)20-8-6-19(7-9-20)25-22(28)11-4-17-16-18(24)5-10-21(17)30-2/h4-11,16H,3,12-15H2,1-2H3,(H,25,28)/b11-4+. The molecule has 0 radical (unpaired) electrons. The molecule has 0 bridgehead atoms. The van der Waals surface area contributed by atoms with Gasteiger partial charge in [-0.3, -0.25) is 9.59 Å². The zero-order chi connectivity index (χ0) is 21.5. The van der Waals surface area contributed by atoms with Crippen molar-refractivity contribution in [2.24, 2.45) is 0 Å². The normalized spacial score (nSPS) is 14.1. The number of ether oxygens (including phenoxy) is 1. The van der Waals surface area contributed by atoms with Gasteiger partial charge in [0.2, 0.25) is 11.8 Å². The monoisotopic (exact) mass is 471 g/mol. The van der Waals surface area contributed by atoms with Gasteiger partial charge in [0.1, 0.15) is 5.75 Å². The minimum atomic E-state index is -0.212. The maximum absolute atomic E-state index is 12.3. The summed E-state index contributed by atoms with van der Waals surface area (Å²) in [4.78, 5) is 28.3. The number of carbonyl (C=O) groups excluding carboxylic acids is 2. The first kappa shape index (κ1) is 21.9. The van der Waals surface area contributed by atoms with Crippen molar-refractivity contribution in [3.63, 3.8) is 0 Å². The number of nitrogens with one attached hydrogen (secondary N) is 1. The minimum absolute atomic E-state index is 0.209. The summed E-state index contributed by atoms with van der Waals surface area (Å²) in [5.41, 5.74) is 2.64. The molecule has 6 nitrogen and oxygen atoms in total. The van der Waals surface area contributed by atoms with Crippen molar-refractivity contribution in [1.29, 1.82) is 0 Å². The van der Waals surface area contributed by atoms with E-state index in [1.807, 2.05) is 54.3 Å². The molecule has 1 saturated heterocycles. The van der Waals surface area contributed by atoms with Gasteiger partial charge in [-0.2, -0.15) is 0 Å².